The third kappa shape index (κ3) is 3.05. The molecule has 0 radical (unpaired) electrons. The third-order valence-corrected chi connectivity index (χ3v) is 3.54. The summed E-state index contributed by atoms with van der Waals surface area (Å²) in [6.07, 6.45) is 1.27. The summed E-state index contributed by atoms with van der Waals surface area (Å²) >= 11 is 0. The molecule has 0 bridgehead atoms. The van der Waals surface area contributed by atoms with Gasteiger partial charge in [0, 0.05) is 19.5 Å². The summed E-state index contributed by atoms with van der Waals surface area (Å²) < 4.78 is 27.7. The average molecular weight is 280 g/mol. The molecular weight excluding hydrogens is 266 g/mol. The minimum atomic E-state index is -0.848. The monoisotopic (exact) mass is 280 g/mol. The number of hydrogen-bond acceptors (Lipinski definition) is 3. The number of halogens is 2. The van der Waals surface area contributed by atoms with Gasteiger partial charge < -0.3 is 10.0 Å². The summed E-state index contributed by atoms with van der Waals surface area (Å²) in [5, 5.41) is 17.4. The largest absolute Gasteiger partial charge is 0.481 e. The molecule has 0 spiro atoms. The van der Waals surface area contributed by atoms with Crippen LogP contribution in [0.3, 0.4) is 0 Å². The van der Waals surface area contributed by atoms with E-state index in [0.29, 0.717) is 25.9 Å². The summed E-state index contributed by atoms with van der Waals surface area (Å²) in [5.41, 5.74) is -0.178. The second kappa shape index (κ2) is 5.87. The van der Waals surface area contributed by atoms with E-state index in [2.05, 4.69) is 0 Å². The summed E-state index contributed by atoms with van der Waals surface area (Å²) in [6.45, 7) is 0.829. The Morgan fingerprint density at radius 1 is 1.35 bits per heavy atom. The molecule has 6 heteroatoms. The average Bonchev–Trinajstić information content (AvgIpc) is 2.39. The number of piperidine rings is 1. The van der Waals surface area contributed by atoms with E-state index in [9.17, 15) is 13.6 Å². The standard InChI is InChI=1S/C14H14F2N2O2/c15-11-5-10(8-17)6-12(16)14(11)18-3-1-9(2-4-18)7-13(19)20/h5-6,9H,1-4,7H2,(H,19,20). The van der Waals surface area contributed by atoms with E-state index in [4.69, 9.17) is 10.4 Å². The molecule has 20 heavy (non-hydrogen) atoms. The molecule has 0 aliphatic carbocycles. The number of rotatable bonds is 3. The molecule has 1 fully saturated rings. The highest BCUT2D eigenvalue weighted by atomic mass is 19.1. The summed E-state index contributed by atoms with van der Waals surface area (Å²) in [4.78, 5) is 12.2. The van der Waals surface area contributed by atoms with Crippen LogP contribution in [0.1, 0.15) is 24.8 Å². The molecule has 1 aromatic carbocycles. The van der Waals surface area contributed by atoms with Crippen LogP contribution in [0.4, 0.5) is 14.5 Å². The minimum Gasteiger partial charge on any atom is -0.481 e. The first-order valence-corrected chi connectivity index (χ1v) is 6.37. The molecule has 1 saturated heterocycles. The maximum Gasteiger partial charge on any atom is 0.303 e. The summed E-state index contributed by atoms with van der Waals surface area (Å²) in [5.74, 6) is -2.30. The first kappa shape index (κ1) is 14.3. The second-order valence-electron chi connectivity index (χ2n) is 4.93. The van der Waals surface area contributed by atoms with Crippen LogP contribution in [0.15, 0.2) is 12.1 Å². The van der Waals surface area contributed by atoms with Gasteiger partial charge in [0.1, 0.15) is 5.69 Å². The zero-order valence-corrected chi connectivity index (χ0v) is 10.8. The minimum absolute atomic E-state index is 0.0493. The molecule has 1 N–H and O–H groups in total. The van der Waals surface area contributed by atoms with Crippen LogP contribution >= 0.6 is 0 Å². The lowest BCUT2D eigenvalue weighted by atomic mass is 9.93. The molecule has 106 valence electrons. The van der Waals surface area contributed by atoms with E-state index in [1.54, 1.807) is 11.0 Å². The van der Waals surface area contributed by atoms with E-state index >= 15 is 0 Å². The number of carboxylic acid groups (broad SMARTS) is 1. The fraction of sp³-hybridized carbons (Fsp3) is 0.429. The molecule has 1 heterocycles. The van der Waals surface area contributed by atoms with Crippen LogP contribution < -0.4 is 4.90 Å². The predicted molar refractivity (Wildman–Crippen MR) is 68.3 cm³/mol. The number of hydrogen-bond donors (Lipinski definition) is 1. The zero-order chi connectivity index (χ0) is 14.7. The highest BCUT2D eigenvalue weighted by Gasteiger charge is 2.25. The Balaban J connectivity index is 2.11. The Kier molecular flexibility index (Phi) is 4.18. The number of nitrogens with zero attached hydrogens (tertiary/aromatic N) is 2. The van der Waals surface area contributed by atoms with Crippen molar-refractivity contribution in [2.75, 3.05) is 18.0 Å². The van der Waals surface area contributed by atoms with E-state index in [1.165, 1.54) is 0 Å². The number of carboxylic acids is 1. The van der Waals surface area contributed by atoms with Crippen molar-refractivity contribution in [3.8, 4) is 6.07 Å². The molecular formula is C14H14F2N2O2. The quantitative estimate of drug-likeness (QED) is 0.924. The lowest BCUT2D eigenvalue weighted by Gasteiger charge is -2.33. The second-order valence-corrected chi connectivity index (χ2v) is 4.93. The maximum atomic E-state index is 13.9. The molecule has 1 aliphatic rings. The lowest BCUT2D eigenvalue weighted by molar-refractivity contribution is -0.138. The van der Waals surface area contributed by atoms with Gasteiger partial charge in [-0.2, -0.15) is 5.26 Å². The van der Waals surface area contributed by atoms with Crippen molar-refractivity contribution < 1.29 is 18.7 Å². The van der Waals surface area contributed by atoms with Crippen LogP contribution in [-0.4, -0.2) is 24.2 Å². The zero-order valence-electron chi connectivity index (χ0n) is 10.8. The van der Waals surface area contributed by atoms with Gasteiger partial charge in [-0.05, 0) is 30.9 Å². The maximum absolute atomic E-state index is 13.9. The molecule has 0 atom stereocenters. The van der Waals surface area contributed by atoms with Crippen LogP contribution in [0, 0.1) is 28.9 Å². The first-order chi connectivity index (χ1) is 9.51. The fourth-order valence-corrected chi connectivity index (χ4v) is 2.54. The fourth-order valence-electron chi connectivity index (χ4n) is 2.54. The molecule has 0 saturated carbocycles. The molecule has 4 nitrogen and oxygen atoms in total. The van der Waals surface area contributed by atoms with Crippen molar-refractivity contribution in [2.24, 2.45) is 5.92 Å². The van der Waals surface area contributed by atoms with E-state index in [-0.39, 0.29) is 23.6 Å². The van der Waals surface area contributed by atoms with Crippen molar-refractivity contribution >= 4 is 11.7 Å². The highest BCUT2D eigenvalue weighted by molar-refractivity contribution is 5.67. The van der Waals surface area contributed by atoms with Crippen molar-refractivity contribution in [1.29, 1.82) is 5.26 Å². The Morgan fingerprint density at radius 3 is 2.35 bits per heavy atom. The smallest absolute Gasteiger partial charge is 0.303 e. The van der Waals surface area contributed by atoms with Gasteiger partial charge in [0.05, 0.1) is 11.6 Å². The molecule has 2 rings (SSSR count). The summed E-state index contributed by atoms with van der Waals surface area (Å²) in [7, 11) is 0. The van der Waals surface area contributed by atoms with Crippen LogP contribution in [0.2, 0.25) is 0 Å². The molecule has 0 amide bonds. The Labute approximate surface area is 115 Å². The number of carbonyl (C=O) groups is 1. The number of nitriles is 1. The molecule has 0 unspecified atom stereocenters. The molecule has 1 aromatic rings. The SMILES string of the molecule is N#Cc1cc(F)c(N2CCC(CC(=O)O)CC2)c(F)c1. The van der Waals surface area contributed by atoms with Gasteiger partial charge >= 0.3 is 5.97 Å². The van der Waals surface area contributed by atoms with Gasteiger partial charge in [0.2, 0.25) is 0 Å². The van der Waals surface area contributed by atoms with Crippen molar-refractivity contribution in [3.05, 3.63) is 29.3 Å². The molecule has 0 aromatic heterocycles. The number of anilines is 1. The number of aliphatic carboxylic acids is 1. The van der Waals surface area contributed by atoms with Crippen molar-refractivity contribution in [2.45, 2.75) is 19.3 Å². The van der Waals surface area contributed by atoms with Gasteiger partial charge in [-0.1, -0.05) is 0 Å². The van der Waals surface area contributed by atoms with E-state index in [1.807, 2.05) is 0 Å². The third-order valence-electron chi connectivity index (χ3n) is 3.54. The Hall–Kier alpha value is -2.16. The predicted octanol–water partition coefficient (Wildman–Crippen LogP) is 2.53. The lowest BCUT2D eigenvalue weighted by Crippen LogP contribution is -2.35. The summed E-state index contributed by atoms with van der Waals surface area (Å²) in [6, 6.07) is 3.73. The highest BCUT2D eigenvalue weighted by Crippen LogP contribution is 2.30. The van der Waals surface area contributed by atoms with E-state index < -0.39 is 17.6 Å². The van der Waals surface area contributed by atoms with Gasteiger partial charge in [0.15, 0.2) is 11.6 Å². The Bertz CT molecular complexity index is 538. The van der Waals surface area contributed by atoms with Gasteiger partial charge in [0.25, 0.3) is 0 Å². The van der Waals surface area contributed by atoms with E-state index in [0.717, 1.165) is 12.1 Å². The van der Waals surface area contributed by atoms with Gasteiger partial charge in [-0.3, -0.25) is 4.79 Å². The normalized spacial score (nSPS) is 15.9. The van der Waals surface area contributed by atoms with Crippen molar-refractivity contribution in [1.82, 2.24) is 0 Å². The van der Waals surface area contributed by atoms with Crippen LogP contribution in [-0.2, 0) is 4.79 Å². The van der Waals surface area contributed by atoms with Crippen molar-refractivity contribution in [3.63, 3.8) is 0 Å². The van der Waals surface area contributed by atoms with Crippen LogP contribution in [0.25, 0.3) is 0 Å². The topological polar surface area (TPSA) is 64.3 Å². The number of benzene rings is 1. The van der Waals surface area contributed by atoms with Gasteiger partial charge in [-0.25, -0.2) is 8.78 Å². The Morgan fingerprint density at radius 2 is 1.90 bits per heavy atom. The first-order valence-electron chi connectivity index (χ1n) is 6.37. The van der Waals surface area contributed by atoms with Crippen LogP contribution in [0.5, 0.6) is 0 Å². The van der Waals surface area contributed by atoms with Gasteiger partial charge in [-0.15, -0.1) is 0 Å². The molecule has 1 aliphatic heterocycles.